The van der Waals surface area contributed by atoms with E-state index in [0.29, 0.717) is 17.7 Å². The van der Waals surface area contributed by atoms with Gasteiger partial charge in [-0.3, -0.25) is 4.79 Å². The van der Waals surface area contributed by atoms with Crippen LogP contribution in [0, 0.1) is 24.4 Å². The Labute approximate surface area is 112 Å². The lowest BCUT2D eigenvalue weighted by Gasteiger charge is -2.09. The van der Waals surface area contributed by atoms with Gasteiger partial charge in [-0.1, -0.05) is 0 Å². The van der Waals surface area contributed by atoms with Gasteiger partial charge < -0.3 is 10.4 Å². The highest BCUT2D eigenvalue weighted by Crippen LogP contribution is 2.22. The summed E-state index contributed by atoms with van der Waals surface area (Å²) in [7, 11) is 0. The van der Waals surface area contributed by atoms with E-state index in [1.165, 1.54) is 18.2 Å². The summed E-state index contributed by atoms with van der Waals surface area (Å²) < 4.78 is 39.6. The van der Waals surface area contributed by atoms with E-state index in [9.17, 15) is 23.1 Å². The van der Waals surface area contributed by atoms with E-state index in [1.807, 2.05) is 5.32 Å². The van der Waals surface area contributed by atoms with Crippen LogP contribution >= 0.6 is 0 Å². The molecule has 20 heavy (non-hydrogen) atoms. The van der Waals surface area contributed by atoms with Crippen LogP contribution in [0.3, 0.4) is 0 Å². The number of carbonyl (C=O) groups excluding carboxylic acids is 1. The molecule has 0 saturated carbocycles. The first kappa shape index (κ1) is 13.9. The minimum Gasteiger partial charge on any atom is -0.508 e. The smallest absolute Gasteiger partial charge is 0.256 e. The topological polar surface area (TPSA) is 49.3 Å². The zero-order valence-electron chi connectivity index (χ0n) is 10.4. The summed E-state index contributed by atoms with van der Waals surface area (Å²) >= 11 is 0. The monoisotopic (exact) mass is 281 g/mol. The van der Waals surface area contributed by atoms with Crippen molar-refractivity contribution >= 4 is 11.6 Å². The number of phenolic OH excluding ortho intramolecular Hbond substituents is 1. The summed E-state index contributed by atoms with van der Waals surface area (Å²) in [5.41, 5.74) is -0.139. The maximum atomic E-state index is 13.4. The van der Waals surface area contributed by atoms with Crippen molar-refractivity contribution in [3.05, 3.63) is 58.9 Å². The number of phenols is 1. The van der Waals surface area contributed by atoms with Gasteiger partial charge >= 0.3 is 0 Å². The van der Waals surface area contributed by atoms with Crippen molar-refractivity contribution in [3.63, 3.8) is 0 Å². The van der Waals surface area contributed by atoms with Gasteiger partial charge in [0, 0.05) is 17.7 Å². The lowest BCUT2D eigenvalue weighted by atomic mass is 10.1. The van der Waals surface area contributed by atoms with Crippen LogP contribution in [0.5, 0.6) is 5.75 Å². The number of hydrogen-bond acceptors (Lipinski definition) is 2. The molecular formula is C14H10F3NO2. The highest BCUT2D eigenvalue weighted by atomic mass is 19.1. The van der Waals surface area contributed by atoms with E-state index in [-0.39, 0.29) is 11.3 Å². The second kappa shape index (κ2) is 5.24. The molecule has 2 aromatic rings. The number of aromatic hydroxyl groups is 1. The molecule has 0 saturated heterocycles. The first-order chi connectivity index (χ1) is 9.38. The van der Waals surface area contributed by atoms with Gasteiger partial charge in [-0.2, -0.15) is 0 Å². The SMILES string of the molecule is Cc1cc(O)ccc1C(=O)Nc1c(F)cc(F)cc1F. The quantitative estimate of drug-likeness (QED) is 0.886. The first-order valence-corrected chi connectivity index (χ1v) is 5.64. The number of amides is 1. The van der Waals surface area contributed by atoms with Crippen molar-refractivity contribution in [2.45, 2.75) is 6.92 Å². The predicted molar refractivity (Wildman–Crippen MR) is 67.1 cm³/mol. The number of halogens is 3. The van der Waals surface area contributed by atoms with E-state index in [4.69, 9.17) is 0 Å². The van der Waals surface area contributed by atoms with Crippen molar-refractivity contribution in [1.82, 2.24) is 0 Å². The molecule has 0 radical (unpaired) electrons. The van der Waals surface area contributed by atoms with E-state index >= 15 is 0 Å². The molecule has 0 atom stereocenters. The van der Waals surface area contributed by atoms with Crippen LogP contribution in [0.25, 0.3) is 0 Å². The van der Waals surface area contributed by atoms with Crippen LogP contribution in [0.1, 0.15) is 15.9 Å². The summed E-state index contributed by atoms with van der Waals surface area (Å²) in [6, 6.07) is 4.88. The van der Waals surface area contributed by atoms with Crippen molar-refractivity contribution in [2.75, 3.05) is 5.32 Å². The fourth-order valence-electron chi connectivity index (χ4n) is 1.75. The molecule has 0 aliphatic heterocycles. The number of nitrogens with one attached hydrogen (secondary N) is 1. The van der Waals surface area contributed by atoms with Gasteiger partial charge in [0.1, 0.15) is 17.3 Å². The van der Waals surface area contributed by atoms with E-state index in [0.717, 1.165) is 0 Å². The molecule has 6 heteroatoms. The molecule has 2 aromatic carbocycles. The van der Waals surface area contributed by atoms with Crippen molar-refractivity contribution in [2.24, 2.45) is 0 Å². The zero-order chi connectivity index (χ0) is 14.9. The average molecular weight is 281 g/mol. The number of anilines is 1. The Balaban J connectivity index is 2.33. The maximum absolute atomic E-state index is 13.4. The fourth-order valence-corrected chi connectivity index (χ4v) is 1.75. The molecule has 0 bridgehead atoms. The summed E-state index contributed by atoms with van der Waals surface area (Å²) in [4.78, 5) is 11.9. The molecule has 2 N–H and O–H groups in total. The van der Waals surface area contributed by atoms with Crippen molar-refractivity contribution in [1.29, 1.82) is 0 Å². The maximum Gasteiger partial charge on any atom is 0.256 e. The van der Waals surface area contributed by atoms with Crippen LogP contribution in [0.15, 0.2) is 30.3 Å². The minimum atomic E-state index is -1.20. The molecule has 1 amide bonds. The highest BCUT2D eigenvalue weighted by molar-refractivity contribution is 6.05. The zero-order valence-corrected chi connectivity index (χ0v) is 10.4. The third-order valence-electron chi connectivity index (χ3n) is 2.70. The van der Waals surface area contributed by atoms with Crippen molar-refractivity contribution in [3.8, 4) is 5.75 Å². The van der Waals surface area contributed by atoms with Crippen LogP contribution in [0.4, 0.5) is 18.9 Å². The Kier molecular flexibility index (Phi) is 3.65. The fraction of sp³-hybridized carbons (Fsp3) is 0.0714. The van der Waals surface area contributed by atoms with Gasteiger partial charge in [0.2, 0.25) is 0 Å². The van der Waals surface area contributed by atoms with Gasteiger partial charge in [-0.25, -0.2) is 13.2 Å². The lowest BCUT2D eigenvalue weighted by molar-refractivity contribution is 0.102. The molecule has 3 nitrogen and oxygen atoms in total. The molecule has 0 spiro atoms. The summed E-state index contributed by atoms with van der Waals surface area (Å²) in [6.45, 7) is 1.56. The second-order valence-electron chi connectivity index (χ2n) is 4.20. The van der Waals surface area contributed by atoms with Crippen LogP contribution in [-0.4, -0.2) is 11.0 Å². The largest absolute Gasteiger partial charge is 0.508 e. The lowest BCUT2D eigenvalue weighted by Crippen LogP contribution is -2.15. The van der Waals surface area contributed by atoms with Crippen LogP contribution in [-0.2, 0) is 0 Å². The minimum absolute atomic E-state index is 0.0295. The summed E-state index contributed by atoms with van der Waals surface area (Å²) in [6.07, 6.45) is 0. The molecule has 104 valence electrons. The van der Waals surface area contributed by atoms with E-state index < -0.39 is 29.0 Å². The third kappa shape index (κ3) is 2.74. The number of benzene rings is 2. The van der Waals surface area contributed by atoms with Crippen molar-refractivity contribution < 1.29 is 23.1 Å². The Morgan fingerprint density at radius 1 is 1.10 bits per heavy atom. The molecule has 0 aliphatic rings. The number of hydrogen-bond donors (Lipinski definition) is 2. The van der Waals surface area contributed by atoms with Gasteiger partial charge in [-0.15, -0.1) is 0 Å². The third-order valence-corrected chi connectivity index (χ3v) is 2.70. The molecule has 0 aliphatic carbocycles. The number of carbonyl (C=O) groups is 1. The summed E-state index contributed by atoms with van der Waals surface area (Å²) in [5, 5.41) is 11.3. The van der Waals surface area contributed by atoms with E-state index in [2.05, 4.69) is 0 Å². The highest BCUT2D eigenvalue weighted by Gasteiger charge is 2.16. The number of rotatable bonds is 2. The Hall–Kier alpha value is -2.50. The number of aryl methyl sites for hydroxylation is 1. The van der Waals surface area contributed by atoms with E-state index in [1.54, 1.807) is 6.92 Å². The average Bonchev–Trinajstić information content (AvgIpc) is 2.33. The Morgan fingerprint density at radius 2 is 1.70 bits per heavy atom. The molecule has 0 aromatic heterocycles. The van der Waals surface area contributed by atoms with Gasteiger partial charge in [-0.05, 0) is 30.7 Å². The van der Waals surface area contributed by atoms with Gasteiger partial charge in [0.05, 0.1) is 0 Å². The molecular weight excluding hydrogens is 271 g/mol. The van der Waals surface area contributed by atoms with Gasteiger partial charge in [0.15, 0.2) is 11.6 Å². The van der Waals surface area contributed by atoms with Crippen LogP contribution < -0.4 is 5.32 Å². The second-order valence-corrected chi connectivity index (χ2v) is 4.20. The Bertz CT molecular complexity index is 663. The predicted octanol–water partition coefficient (Wildman–Crippen LogP) is 3.37. The standard InChI is InChI=1S/C14H10F3NO2/c1-7-4-9(19)2-3-10(7)14(20)18-13-11(16)5-8(15)6-12(13)17/h2-6,19H,1H3,(H,18,20). The normalized spacial score (nSPS) is 10.4. The summed E-state index contributed by atoms with van der Waals surface area (Å²) in [5.74, 6) is -4.26. The van der Waals surface area contributed by atoms with Crippen LogP contribution in [0.2, 0.25) is 0 Å². The Morgan fingerprint density at radius 3 is 2.25 bits per heavy atom. The molecule has 0 unspecified atom stereocenters. The van der Waals surface area contributed by atoms with Gasteiger partial charge in [0.25, 0.3) is 5.91 Å². The molecule has 0 heterocycles. The first-order valence-electron chi connectivity index (χ1n) is 5.64. The molecule has 0 fully saturated rings. The molecule has 2 rings (SSSR count).